The summed E-state index contributed by atoms with van der Waals surface area (Å²) in [5.74, 6) is 0.908. The van der Waals surface area contributed by atoms with Gasteiger partial charge in [0.05, 0.1) is 0 Å². The van der Waals surface area contributed by atoms with Crippen LogP contribution in [0.1, 0.15) is 41.5 Å². The molecule has 0 bridgehead atoms. The SMILES string of the molecule is O=C(O)c1cn(-c2ccnc(C3CCC3)n2)cn1. The van der Waals surface area contributed by atoms with Gasteiger partial charge >= 0.3 is 5.97 Å². The summed E-state index contributed by atoms with van der Waals surface area (Å²) in [6, 6.07) is 1.75. The van der Waals surface area contributed by atoms with Crippen LogP contribution >= 0.6 is 0 Å². The predicted octanol–water partition coefficient (Wildman–Crippen LogP) is 1.63. The molecular weight excluding hydrogens is 232 g/mol. The summed E-state index contributed by atoms with van der Waals surface area (Å²) in [5.41, 5.74) is 0.0128. The maximum absolute atomic E-state index is 10.8. The Balaban J connectivity index is 1.92. The zero-order valence-corrected chi connectivity index (χ0v) is 9.65. The van der Waals surface area contributed by atoms with Crippen LogP contribution in [0.25, 0.3) is 5.82 Å². The fraction of sp³-hybridized carbons (Fsp3) is 0.333. The maximum atomic E-state index is 10.8. The minimum atomic E-state index is -1.04. The summed E-state index contributed by atoms with van der Waals surface area (Å²) >= 11 is 0. The van der Waals surface area contributed by atoms with E-state index >= 15 is 0 Å². The van der Waals surface area contributed by atoms with E-state index in [0.717, 1.165) is 18.7 Å². The molecule has 0 aliphatic heterocycles. The van der Waals surface area contributed by atoms with Crippen molar-refractivity contribution < 1.29 is 9.90 Å². The first kappa shape index (κ1) is 10.9. The third kappa shape index (κ3) is 1.85. The van der Waals surface area contributed by atoms with E-state index in [1.807, 2.05) is 0 Å². The quantitative estimate of drug-likeness (QED) is 0.887. The molecule has 2 aromatic heterocycles. The van der Waals surface area contributed by atoms with E-state index in [1.165, 1.54) is 18.9 Å². The Morgan fingerprint density at radius 1 is 1.39 bits per heavy atom. The Labute approximate surface area is 103 Å². The lowest BCUT2D eigenvalue weighted by molar-refractivity contribution is 0.0691. The van der Waals surface area contributed by atoms with Crippen molar-refractivity contribution in [3.63, 3.8) is 0 Å². The van der Waals surface area contributed by atoms with Gasteiger partial charge in [-0.15, -0.1) is 0 Å². The summed E-state index contributed by atoms with van der Waals surface area (Å²) < 4.78 is 1.60. The van der Waals surface area contributed by atoms with Gasteiger partial charge in [-0.25, -0.2) is 19.7 Å². The number of carboxylic acids is 1. The van der Waals surface area contributed by atoms with E-state index in [4.69, 9.17) is 5.11 Å². The molecule has 0 saturated heterocycles. The summed E-state index contributed by atoms with van der Waals surface area (Å²) in [6.45, 7) is 0. The van der Waals surface area contributed by atoms with Crippen LogP contribution in [0.3, 0.4) is 0 Å². The number of aromatic carboxylic acids is 1. The van der Waals surface area contributed by atoms with Crippen molar-refractivity contribution in [1.82, 2.24) is 19.5 Å². The first-order valence-corrected chi connectivity index (χ1v) is 5.84. The van der Waals surface area contributed by atoms with Crippen LogP contribution in [-0.4, -0.2) is 30.6 Å². The molecule has 6 heteroatoms. The number of imidazole rings is 1. The highest BCUT2D eigenvalue weighted by Crippen LogP contribution is 2.34. The molecule has 2 aromatic rings. The van der Waals surface area contributed by atoms with E-state index in [2.05, 4.69) is 15.0 Å². The van der Waals surface area contributed by atoms with E-state index in [-0.39, 0.29) is 5.69 Å². The van der Waals surface area contributed by atoms with Gasteiger partial charge in [0, 0.05) is 18.3 Å². The number of carbonyl (C=O) groups is 1. The van der Waals surface area contributed by atoms with E-state index in [0.29, 0.717) is 11.7 Å². The highest BCUT2D eigenvalue weighted by molar-refractivity contribution is 5.85. The normalized spacial score (nSPS) is 15.3. The molecule has 1 saturated carbocycles. The van der Waals surface area contributed by atoms with Gasteiger partial charge in [-0.3, -0.25) is 4.57 Å². The van der Waals surface area contributed by atoms with Crippen molar-refractivity contribution >= 4 is 5.97 Å². The molecule has 1 fully saturated rings. The molecule has 0 spiro atoms. The molecule has 0 amide bonds. The fourth-order valence-electron chi connectivity index (χ4n) is 1.93. The first-order valence-electron chi connectivity index (χ1n) is 5.84. The van der Waals surface area contributed by atoms with Gasteiger partial charge in [-0.2, -0.15) is 0 Å². The largest absolute Gasteiger partial charge is 0.476 e. The molecule has 1 N–H and O–H groups in total. The van der Waals surface area contributed by atoms with Crippen molar-refractivity contribution in [3.05, 3.63) is 36.3 Å². The molecule has 18 heavy (non-hydrogen) atoms. The van der Waals surface area contributed by atoms with Gasteiger partial charge in [0.15, 0.2) is 5.69 Å². The molecular formula is C12H12N4O2. The second-order valence-electron chi connectivity index (χ2n) is 4.37. The Kier molecular flexibility index (Phi) is 2.55. The minimum Gasteiger partial charge on any atom is -0.476 e. The van der Waals surface area contributed by atoms with Crippen molar-refractivity contribution in [2.24, 2.45) is 0 Å². The summed E-state index contributed by atoms with van der Waals surface area (Å²) in [4.78, 5) is 23.3. The molecule has 0 radical (unpaired) electrons. The van der Waals surface area contributed by atoms with Crippen molar-refractivity contribution in [2.45, 2.75) is 25.2 Å². The molecule has 2 heterocycles. The standard InChI is InChI=1S/C12H12N4O2/c17-12(18)9-6-16(7-14-9)10-4-5-13-11(15-10)8-2-1-3-8/h4-8H,1-3H2,(H,17,18). The highest BCUT2D eigenvalue weighted by Gasteiger charge is 2.22. The Bertz CT molecular complexity index is 589. The van der Waals surface area contributed by atoms with Crippen LogP contribution in [-0.2, 0) is 0 Å². The minimum absolute atomic E-state index is 0.0128. The van der Waals surface area contributed by atoms with Crippen molar-refractivity contribution in [3.8, 4) is 5.82 Å². The number of carboxylic acid groups (broad SMARTS) is 1. The van der Waals surface area contributed by atoms with E-state index in [1.54, 1.807) is 16.8 Å². The molecule has 0 atom stereocenters. The summed E-state index contributed by atoms with van der Waals surface area (Å²) in [5, 5.41) is 8.83. The van der Waals surface area contributed by atoms with Gasteiger partial charge in [0.2, 0.25) is 0 Å². The molecule has 6 nitrogen and oxygen atoms in total. The van der Waals surface area contributed by atoms with Crippen LogP contribution < -0.4 is 0 Å². The fourth-order valence-corrected chi connectivity index (χ4v) is 1.93. The average molecular weight is 244 g/mol. The Morgan fingerprint density at radius 2 is 2.22 bits per heavy atom. The second kappa shape index (κ2) is 4.21. The number of rotatable bonds is 3. The van der Waals surface area contributed by atoms with Crippen LogP contribution in [0.2, 0.25) is 0 Å². The highest BCUT2D eigenvalue weighted by atomic mass is 16.4. The molecule has 0 aromatic carbocycles. The van der Waals surface area contributed by atoms with Crippen molar-refractivity contribution in [1.29, 1.82) is 0 Å². The second-order valence-corrected chi connectivity index (χ2v) is 4.37. The van der Waals surface area contributed by atoms with Gasteiger partial charge in [-0.05, 0) is 18.9 Å². The lowest BCUT2D eigenvalue weighted by atomic mass is 9.85. The topological polar surface area (TPSA) is 80.9 Å². The molecule has 92 valence electrons. The number of nitrogens with zero attached hydrogens (tertiary/aromatic N) is 4. The maximum Gasteiger partial charge on any atom is 0.356 e. The number of hydrogen-bond donors (Lipinski definition) is 1. The lowest BCUT2D eigenvalue weighted by Crippen LogP contribution is -2.13. The first-order chi connectivity index (χ1) is 8.74. The third-order valence-corrected chi connectivity index (χ3v) is 3.20. The number of hydrogen-bond acceptors (Lipinski definition) is 4. The van der Waals surface area contributed by atoms with E-state index < -0.39 is 5.97 Å². The molecule has 1 aliphatic rings. The summed E-state index contributed by atoms with van der Waals surface area (Å²) in [7, 11) is 0. The van der Waals surface area contributed by atoms with Crippen LogP contribution in [0.4, 0.5) is 0 Å². The Hall–Kier alpha value is -2.24. The van der Waals surface area contributed by atoms with Gasteiger partial charge < -0.3 is 5.11 Å². The molecule has 3 rings (SSSR count). The monoisotopic (exact) mass is 244 g/mol. The Morgan fingerprint density at radius 3 is 2.83 bits per heavy atom. The van der Waals surface area contributed by atoms with Gasteiger partial charge in [0.25, 0.3) is 0 Å². The van der Waals surface area contributed by atoms with Gasteiger partial charge in [0.1, 0.15) is 18.0 Å². The van der Waals surface area contributed by atoms with Crippen LogP contribution in [0.5, 0.6) is 0 Å². The van der Waals surface area contributed by atoms with Gasteiger partial charge in [-0.1, -0.05) is 6.42 Å². The molecule has 0 unspecified atom stereocenters. The third-order valence-electron chi connectivity index (χ3n) is 3.20. The summed E-state index contributed by atoms with van der Waals surface area (Å²) in [6.07, 6.45) is 8.11. The predicted molar refractivity (Wildman–Crippen MR) is 62.7 cm³/mol. The van der Waals surface area contributed by atoms with Crippen LogP contribution in [0, 0.1) is 0 Å². The zero-order valence-electron chi connectivity index (χ0n) is 9.65. The van der Waals surface area contributed by atoms with Crippen LogP contribution in [0.15, 0.2) is 24.8 Å². The van der Waals surface area contributed by atoms with E-state index in [9.17, 15) is 4.79 Å². The number of aromatic nitrogens is 4. The zero-order chi connectivity index (χ0) is 12.5. The smallest absolute Gasteiger partial charge is 0.356 e. The average Bonchev–Trinajstić information content (AvgIpc) is 2.76. The lowest BCUT2D eigenvalue weighted by Gasteiger charge is -2.23. The van der Waals surface area contributed by atoms with Crippen molar-refractivity contribution in [2.75, 3.05) is 0 Å². The molecule has 1 aliphatic carbocycles.